The molecule has 0 fully saturated rings. The average Bonchev–Trinajstić information content (AvgIpc) is 2.67. The number of imidazole rings is 1. The lowest BCUT2D eigenvalue weighted by Crippen LogP contribution is -2.33. The van der Waals surface area contributed by atoms with Crippen LogP contribution in [0.4, 0.5) is 4.39 Å². The predicted octanol–water partition coefficient (Wildman–Crippen LogP) is 3.09. The van der Waals surface area contributed by atoms with Gasteiger partial charge in [0.05, 0.1) is 21.9 Å². The number of amides is 1. The number of hydrogen-bond acceptors (Lipinski definition) is 2. The third-order valence-electron chi connectivity index (χ3n) is 2.74. The Bertz CT molecular complexity index is 655. The zero-order valence-electron chi connectivity index (χ0n) is 11.1. The molecule has 0 radical (unpaired) electrons. The topological polar surface area (TPSA) is 46.9 Å². The van der Waals surface area contributed by atoms with Crippen LogP contribution in [0, 0.1) is 5.82 Å². The van der Waals surface area contributed by atoms with Gasteiger partial charge in [-0.3, -0.25) is 4.79 Å². The van der Waals surface area contributed by atoms with Crippen LogP contribution in [0.2, 0.25) is 5.02 Å². The molecule has 1 aromatic carbocycles. The van der Waals surface area contributed by atoms with Crippen molar-refractivity contribution in [2.24, 2.45) is 0 Å². The SMILES string of the molecule is CC(C)NC(=O)Cn1c(CCl)nc2cc(Cl)c(F)cc21. The predicted molar refractivity (Wildman–Crippen MR) is 77.5 cm³/mol. The molecule has 2 rings (SSSR count). The molecule has 1 amide bonds. The zero-order valence-corrected chi connectivity index (χ0v) is 12.6. The van der Waals surface area contributed by atoms with Gasteiger partial charge in [0.2, 0.25) is 5.91 Å². The molecule has 0 saturated heterocycles. The average molecular weight is 318 g/mol. The molecule has 0 aliphatic carbocycles. The van der Waals surface area contributed by atoms with E-state index in [1.54, 1.807) is 4.57 Å². The van der Waals surface area contributed by atoms with Gasteiger partial charge in [-0.25, -0.2) is 9.37 Å². The maximum Gasteiger partial charge on any atom is 0.240 e. The van der Waals surface area contributed by atoms with Crippen molar-refractivity contribution in [3.8, 4) is 0 Å². The zero-order chi connectivity index (χ0) is 14.9. The van der Waals surface area contributed by atoms with Crippen molar-refractivity contribution < 1.29 is 9.18 Å². The Labute approximate surface area is 125 Å². The van der Waals surface area contributed by atoms with Crippen molar-refractivity contribution in [3.63, 3.8) is 0 Å². The number of halogens is 3. The Morgan fingerprint density at radius 3 is 2.80 bits per heavy atom. The van der Waals surface area contributed by atoms with Gasteiger partial charge < -0.3 is 9.88 Å². The molecule has 0 saturated carbocycles. The molecule has 1 N–H and O–H groups in total. The number of alkyl halides is 1. The molecule has 0 spiro atoms. The second kappa shape index (κ2) is 5.97. The number of benzene rings is 1. The van der Waals surface area contributed by atoms with Gasteiger partial charge in [-0.05, 0) is 19.9 Å². The molecule has 0 aliphatic rings. The van der Waals surface area contributed by atoms with Crippen molar-refractivity contribution in [3.05, 3.63) is 28.8 Å². The summed E-state index contributed by atoms with van der Waals surface area (Å²) < 4.78 is 15.2. The minimum atomic E-state index is -0.550. The van der Waals surface area contributed by atoms with Crippen LogP contribution in [-0.4, -0.2) is 21.5 Å². The highest BCUT2D eigenvalue weighted by Crippen LogP contribution is 2.24. The van der Waals surface area contributed by atoms with E-state index >= 15 is 0 Å². The molecule has 0 atom stereocenters. The Morgan fingerprint density at radius 2 is 2.20 bits per heavy atom. The summed E-state index contributed by atoms with van der Waals surface area (Å²) in [6.45, 7) is 3.77. The van der Waals surface area contributed by atoms with Crippen LogP contribution < -0.4 is 5.32 Å². The minimum absolute atomic E-state index is 0.00472. The molecule has 7 heteroatoms. The van der Waals surface area contributed by atoms with Crippen molar-refractivity contribution in [1.82, 2.24) is 14.9 Å². The molecule has 1 heterocycles. The highest BCUT2D eigenvalue weighted by Gasteiger charge is 2.15. The summed E-state index contributed by atoms with van der Waals surface area (Å²) in [6.07, 6.45) is 0. The van der Waals surface area contributed by atoms with E-state index in [-0.39, 0.29) is 29.4 Å². The fraction of sp³-hybridized carbons (Fsp3) is 0.385. The third kappa shape index (κ3) is 3.04. The van der Waals surface area contributed by atoms with Crippen molar-refractivity contribution in [2.45, 2.75) is 32.3 Å². The summed E-state index contributed by atoms with van der Waals surface area (Å²) in [4.78, 5) is 16.1. The lowest BCUT2D eigenvalue weighted by Gasteiger charge is -2.11. The number of hydrogen-bond donors (Lipinski definition) is 1. The molecule has 1 aromatic heterocycles. The fourth-order valence-corrected chi connectivity index (χ4v) is 2.32. The van der Waals surface area contributed by atoms with Crippen LogP contribution in [0.3, 0.4) is 0 Å². The first-order chi connectivity index (χ1) is 9.42. The number of fused-ring (bicyclic) bond motifs is 1. The van der Waals surface area contributed by atoms with E-state index in [1.807, 2.05) is 13.8 Å². The van der Waals surface area contributed by atoms with Crippen LogP contribution in [-0.2, 0) is 17.2 Å². The number of aromatic nitrogens is 2. The summed E-state index contributed by atoms with van der Waals surface area (Å²) in [7, 11) is 0. The van der Waals surface area contributed by atoms with Gasteiger partial charge in [-0.1, -0.05) is 11.6 Å². The van der Waals surface area contributed by atoms with E-state index in [0.717, 1.165) is 0 Å². The monoisotopic (exact) mass is 317 g/mol. The summed E-state index contributed by atoms with van der Waals surface area (Å²) in [6, 6.07) is 2.73. The van der Waals surface area contributed by atoms with Gasteiger partial charge in [-0.15, -0.1) is 11.6 Å². The Hall–Kier alpha value is -1.33. The van der Waals surface area contributed by atoms with Crippen LogP contribution in [0.1, 0.15) is 19.7 Å². The maximum atomic E-state index is 13.6. The number of carbonyl (C=O) groups is 1. The van der Waals surface area contributed by atoms with Crippen molar-refractivity contribution in [2.75, 3.05) is 0 Å². The van der Waals surface area contributed by atoms with E-state index in [1.165, 1.54) is 12.1 Å². The molecule has 108 valence electrons. The number of rotatable bonds is 4. The lowest BCUT2D eigenvalue weighted by molar-refractivity contribution is -0.122. The molecular formula is C13H14Cl2FN3O. The highest BCUT2D eigenvalue weighted by atomic mass is 35.5. The van der Waals surface area contributed by atoms with Gasteiger partial charge in [-0.2, -0.15) is 0 Å². The lowest BCUT2D eigenvalue weighted by atomic mass is 10.3. The van der Waals surface area contributed by atoms with E-state index in [0.29, 0.717) is 16.9 Å². The van der Waals surface area contributed by atoms with Crippen LogP contribution in [0.5, 0.6) is 0 Å². The smallest absolute Gasteiger partial charge is 0.240 e. The third-order valence-corrected chi connectivity index (χ3v) is 3.27. The molecule has 0 bridgehead atoms. The van der Waals surface area contributed by atoms with Crippen molar-refractivity contribution in [1.29, 1.82) is 0 Å². The Balaban J connectivity index is 2.45. The Kier molecular flexibility index (Phi) is 4.50. The summed E-state index contributed by atoms with van der Waals surface area (Å²) in [5, 5.41) is 2.77. The van der Waals surface area contributed by atoms with Crippen LogP contribution in [0.15, 0.2) is 12.1 Å². The molecular weight excluding hydrogens is 304 g/mol. The van der Waals surface area contributed by atoms with E-state index in [9.17, 15) is 9.18 Å². The summed E-state index contributed by atoms with van der Waals surface area (Å²) >= 11 is 11.6. The Morgan fingerprint density at radius 1 is 1.50 bits per heavy atom. The first kappa shape index (κ1) is 15.1. The maximum absolute atomic E-state index is 13.6. The molecule has 20 heavy (non-hydrogen) atoms. The first-order valence-electron chi connectivity index (χ1n) is 6.12. The number of nitrogens with one attached hydrogen (secondary N) is 1. The molecule has 0 unspecified atom stereocenters. The second-order valence-corrected chi connectivity index (χ2v) is 5.40. The van der Waals surface area contributed by atoms with Gasteiger partial charge >= 0.3 is 0 Å². The summed E-state index contributed by atoms with van der Waals surface area (Å²) in [5.74, 6) is -0.1000. The largest absolute Gasteiger partial charge is 0.352 e. The first-order valence-corrected chi connectivity index (χ1v) is 7.03. The number of carbonyl (C=O) groups excluding carboxylic acids is 1. The van der Waals surface area contributed by atoms with Gasteiger partial charge in [0.1, 0.15) is 18.2 Å². The normalized spacial score (nSPS) is 11.3. The van der Waals surface area contributed by atoms with E-state index in [4.69, 9.17) is 23.2 Å². The van der Waals surface area contributed by atoms with Crippen LogP contribution in [0.25, 0.3) is 11.0 Å². The van der Waals surface area contributed by atoms with Gasteiger partial charge in [0.25, 0.3) is 0 Å². The summed E-state index contributed by atoms with van der Waals surface area (Å²) in [5.41, 5.74) is 1.02. The van der Waals surface area contributed by atoms with Gasteiger partial charge in [0, 0.05) is 12.1 Å². The second-order valence-electron chi connectivity index (χ2n) is 4.73. The standard InChI is InChI=1S/C13H14Cl2FN3O/c1-7(2)17-13(20)6-19-11-4-9(16)8(15)3-10(11)18-12(19)5-14/h3-4,7H,5-6H2,1-2H3,(H,17,20). The van der Waals surface area contributed by atoms with Crippen LogP contribution >= 0.6 is 23.2 Å². The van der Waals surface area contributed by atoms with E-state index < -0.39 is 5.82 Å². The highest BCUT2D eigenvalue weighted by molar-refractivity contribution is 6.31. The quantitative estimate of drug-likeness (QED) is 0.881. The van der Waals surface area contributed by atoms with Gasteiger partial charge in [0.15, 0.2) is 0 Å². The molecule has 4 nitrogen and oxygen atoms in total. The number of nitrogens with zero attached hydrogens (tertiary/aromatic N) is 2. The fourth-order valence-electron chi connectivity index (χ4n) is 1.96. The van der Waals surface area contributed by atoms with Crippen molar-refractivity contribution >= 4 is 40.1 Å². The molecule has 0 aliphatic heterocycles. The molecule has 2 aromatic rings. The minimum Gasteiger partial charge on any atom is -0.352 e. The van der Waals surface area contributed by atoms with E-state index in [2.05, 4.69) is 10.3 Å².